The van der Waals surface area contributed by atoms with Crippen LogP contribution in [0.15, 0.2) is 24.8 Å². The summed E-state index contributed by atoms with van der Waals surface area (Å²) in [7, 11) is 0. The maximum atomic E-state index is 8.36. The van der Waals surface area contributed by atoms with Gasteiger partial charge in [0.1, 0.15) is 0 Å². The standard InChI is InChI=1S/C5H8O.C4H8O2.CH2O2/c1-2-3-4-5-6;1-2-6-4-3-5-1;2-1-3/h2-4,6H,1,5H2;1-4H2;1H,(H,2,3). The van der Waals surface area contributed by atoms with Crippen molar-refractivity contribution in [2.75, 3.05) is 33.0 Å². The highest BCUT2D eigenvalue weighted by molar-refractivity contribution is 5.32. The third kappa shape index (κ3) is 24.5. The maximum Gasteiger partial charge on any atom is 0.290 e. The van der Waals surface area contributed by atoms with E-state index < -0.39 is 0 Å². The molecule has 1 aliphatic heterocycles. The predicted molar refractivity (Wildman–Crippen MR) is 56.8 cm³/mol. The Hall–Kier alpha value is -1.17. The smallest absolute Gasteiger partial charge is 0.290 e. The van der Waals surface area contributed by atoms with Crippen LogP contribution in [0.1, 0.15) is 0 Å². The summed E-state index contributed by atoms with van der Waals surface area (Å²) in [5.74, 6) is 0. The van der Waals surface area contributed by atoms with Crippen LogP contribution < -0.4 is 0 Å². The van der Waals surface area contributed by atoms with Crippen molar-refractivity contribution in [1.29, 1.82) is 0 Å². The Balaban J connectivity index is 0. The molecule has 0 atom stereocenters. The molecule has 88 valence electrons. The number of allylic oxidation sites excluding steroid dienone is 2. The van der Waals surface area contributed by atoms with Gasteiger partial charge in [0, 0.05) is 0 Å². The molecule has 1 heterocycles. The van der Waals surface area contributed by atoms with Gasteiger partial charge in [0.25, 0.3) is 6.47 Å². The zero-order valence-electron chi connectivity index (χ0n) is 8.67. The van der Waals surface area contributed by atoms with E-state index in [2.05, 4.69) is 6.58 Å². The highest BCUT2D eigenvalue weighted by Crippen LogP contribution is 1.85. The summed E-state index contributed by atoms with van der Waals surface area (Å²) in [4.78, 5) is 8.36. The molecule has 0 aromatic heterocycles. The molecule has 2 N–H and O–H groups in total. The second-order valence-corrected chi connectivity index (χ2v) is 2.18. The SMILES string of the molecule is C1COCCO1.C=CC=CCO.O=CO. The van der Waals surface area contributed by atoms with Gasteiger partial charge in [-0.15, -0.1) is 0 Å². The van der Waals surface area contributed by atoms with Crippen molar-refractivity contribution < 1.29 is 24.5 Å². The van der Waals surface area contributed by atoms with Gasteiger partial charge >= 0.3 is 0 Å². The third-order valence-electron chi connectivity index (χ3n) is 1.12. The molecule has 0 aromatic carbocycles. The Morgan fingerprint density at radius 3 is 1.73 bits per heavy atom. The molecule has 1 fully saturated rings. The number of rotatable bonds is 2. The van der Waals surface area contributed by atoms with Crippen molar-refractivity contribution in [3.63, 3.8) is 0 Å². The molecule has 0 radical (unpaired) electrons. The molecule has 1 rings (SSSR count). The summed E-state index contributed by atoms with van der Waals surface area (Å²) in [6.45, 7) is 6.36. The van der Waals surface area contributed by atoms with Crippen LogP contribution in [0.2, 0.25) is 0 Å². The summed E-state index contributed by atoms with van der Waals surface area (Å²) >= 11 is 0. The number of hydrogen-bond acceptors (Lipinski definition) is 4. The molecule has 5 nitrogen and oxygen atoms in total. The summed E-state index contributed by atoms with van der Waals surface area (Å²) in [5, 5.41) is 15.0. The lowest BCUT2D eigenvalue weighted by atomic mass is 10.5. The number of hydrogen-bond donors (Lipinski definition) is 2. The van der Waals surface area contributed by atoms with Gasteiger partial charge in [-0.3, -0.25) is 4.79 Å². The lowest BCUT2D eigenvalue weighted by molar-refractivity contribution is -0.122. The minimum absolute atomic E-state index is 0.103. The Bertz CT molecular complexity index is 140. The molecule has 0 spiro atoms. The molecule has 0 aromatic rings. The summed E-state index contributed by atoms with van der Waals surface area (Å²) in [5.41, 5.74) is 0. The zero-order chi connectivity index (χ0) is 11.8. The number of carbonyl (C=O) groups is 1. The monoisotopic (exact) mass is 218 g/mol. The molecule has 15 heavy (non-hydrogen) atoms. The molecular weight excluding hydrogens is 200 g/mol. The fourth-order valence-corrected chi connectivity index (χ4v) is 0.597. The minimum atomic E-state index is -0.250. The van der Waals surface area contributed by atoms with E-state index in [0.29, 0.717) is 0 Å². The predicted octanol–water partition coefficient (Wildman–Crippen LogP) is 0.455. The first-order chi connectivity index (χ1) is 7.33. The van der Waals surface area contributed by atoms with Crippen molar-refractivity contribution in [3.05, 3.63) is 24.8 Å². The van der Waals surface area contributed by atoms with Crippen molar-refractivity contribution in [3.8, 4) is 0 Å². The topological polar surface area (TPSA) is 76.0 Å². The molecule has 0 unspecified atom stereocenters. The summed E-state index contributed by atoms with van der Waals surface area (Å²) < 4.78 is 9.89. The van der Waals surface area contributed by atoms with Crippen LogP contribution in [0.4, 0.5) is 0 Å². The normalized spacial score (nSPS) is 14.2. The van der Waals surface area contributed by atoms with Crippen LogP contribution in [0.5, 0.6) is 0 Å². The second-order valence-electron chi connectivity index (χ2n) is 2.18. The van der Waals surface area contributed by atoms with Crippen molar-refractivity contribution in [2.24, 2.45) is 0 Å². The fourth-order valence-electron chi connectivity index (χ4n) is 0.597. The van der Waals surface area contributed by atoms with Crippen LogP contribution in [0, 0.1) is 0 Å². The van der Waals surface area contributed by atoms with Crippen LogP contribution >= 0.6 is 0 Å². The average Bonchev–Trinajstić information content (AvgIpc) is 2.30. The van der Waals surface area contributed by atoms with Gasteiger partial charge < -0.3 is 19.7 Å². The van der Waals surface area contributed by atoms with Gasteiger partial charge in [-0.05, 0) is 0 Å². The second kappa shape index (κ2) is 18.6. The van der Waals surface area contributed by atoms with Gasteiger partial charge in [0.15, 0.2) is 0 Å². The highest BCUT2D eigenvalue weighted by atomic mass is 16.6. The fraction of sp³-hybridized carbons (Fsp3) is 0.500. The van der Waals surface area contributed by atoms with Crippen LogP contribution in [-0.4, -0.2) is 49.7 Å². The first-order valence-corrected chi connectivity index (χ1v) is 4.45. The van der Waals surface area contributed by atoms with E-state index in [1.807, 2.05) is 0 Å². The zero-order valence-corrected chi connectivity index (χ0v) is 8.67. The van der Waals surface area contributed by atoms with Gasteiger partial charge in [0.2, 0.25) is 0 Å². The molecule has 0 saturated carbocycles. The third-order valence-corrected chi connectivity index (χ3v) is 1.12. The van der Waals surface area contributed by atoms with E-state index in [0.717, 1.165) is 26.4 Å². The Morgan fingerprint density at radius 1 is 1.20 bits per heavy atom. The summed E-state index contributed by atoms with van der Waals surface area (Å²) in [6, 6.07) is 0. The lowest BCUT2D eigenvalue weighted by Crippen LogP contribution is -2.16. The average molecular weight is 218 g/mol. The van der Waals surface area contributed by atoms with Crippen molar-refractivity contribution in [2.45, 2.75) is 0 Å². The highest BCUT2D eigenvalue weighted by Gasteiger charge is 1.94. The van der Waals surface area contributed by atoms with E-state index in [1.54, 1.807) is 18.2 Å². The maximum absolute atomic E-state index is 8.36. The van der Waals surface area contributed by atoms with E-state index in [4.69, 9.17) is 24.5 Å². The van der Waals surface area contributed by atoms with Crippen molar-refractivity contribution in [1.82, 2.24) is 0 Å². The van der Waals surface area contributed by atoms with Gasteiger partial charge in [0.05, 0.1) is 33.0 Å². The van der Waals surface area contributed by atoms with Gasteiger partial charge in [-0.2, -0.15) is 0 Å². The van der Waals surface area contributed by atoms with E-state index in [1.165, 1.54) is 0 Å². The molecule has 0 bridgehead atoms. The van der Waals surface area contributed by atoms with E-state index >= 15 is 0 Å². The molecule has 0 amide bonds. The van der Waals surface area contributed by atoms with E-state index in [9.17, 15) is 0 Å². The first kappa shape index (κ1) is 16.3. The van der Waals surface area contributed by atoms with Crippen LogP contribution in [-0.2, 0) is 14.3 Å². The molecule has 1 saturated heterocycles. The first-order valence-electron chi connectivity index (χ1n) is 4.45. The van der Waals surface area contributed by atoms with Crippen molar-refractivity contribution >= 4 is 6.47 Å². The lowest BCUT2D eigenvalue weighted by Gasteiger charge is -2.09. The number of aliphatic hydroxyl groups excluding tert-OH is 1. The Kier molecular flexibility index (Phi) is 20.2. The summed E-state index contributed by atoms with van der Waals surface area (Å²) in [6.07, 6.45) is 4.93. The van der Waals surface area contributed by atoms with Crippen LogP contribution in [0.3, 0.4) is 0 Å². The van der Waals surface area contributed by atoms with E-state index in [-0.39, 0.29) is 13.1 Å². The quantitative estimate of drug-likeness (QED) is 0.520. The minimum Gasteiger partial charge on any atom is -0.483 e. The largest absolute Gasteiger partial charge is 0.483 e. The van der Waals surface area contributed by atoms with Gasteiger partial charge in [-0.1, -0.05) is 24.8 Å². The number of ether oxygens (including phenoxy) is 2. The number of carboxylic acid groups (broad SMARTS) is 1. The number of aliphatic hydroxyl groups is 1. The molecule has 0 aliphatic carbocycles. The molecular formula is C10H18O5. The van der Waals surface area contributed by atoms with Gasteiger partial charge in [-0.25, -0.2) is 0 Å². The Labute approximate surface area is 89.6 Å². The molecule has 1 aliphatic rings. The molecule has 5 heteroatoms. The Morgan fingerprint density at radius 2 is 1.60 bits per heavy atom. The van der Waals surface area contributed by atoms with Crippen LogP contribution in [0.25, 0.3) is 0 Å².